The molecule has 0 saturated carbocycles. The van der Waals surface area contributed by atoms with Gasteiger partial charge < -0.3 is 15.2 Å². The molecule has 90 valence electrons. The lowest BCUT2D eigenvalue weighted by Crippen LogP contribution is -2.20. The summed E-state index contributed by atoms with van der Waals surface area (Å²) in [4.78, 5) is 0. The van der Waals surface area contributed by atoms with Crippen LogP contribution in [0.4, 0.5) is 0 Å². The molecule has 0 bridgehead atoms. The van der Waals surface area contributed by atoms with Crippen LogP contribution in [0.1, 0.15) is 5.56 Å². The molecule has 1 aromatic rings. The number of halogens is 2. The molecule has 0 heterocycles. The zero-order valence-corrected chi connectivity index (χ0v) is 11.2. The van der Waals surface area contributed by atoms with Crippen molar-refractivity contribution in [3.05, 3.63) is 33.3 Å². The Balaban J connectivity index is 2.21. The number of benzene rings is 1. The van der Waals surface area contributed by atoms with Gasteiger partial charge in [-0.05, 0) is 17.7 Å². The molecule has 0 aliphatic heterocycles. The first kappa shape index (κ1) is 13.9. The fraction of sp³-hybridized carbons (Fsp3) is 0.455. The Kier molecular flexibility index (Phi) is 7.00. The van der Waals surface area contributed by atoms with Gasteiger partial charge in [-0.3, -0.25) is 0 Å². The number of nitrogens with one attached hydrogen (secondary N) is 1. The minimum Gasteiger partial charge on any atom is -0.394 e. The third kappa shape index (κ3) is 5.27. The lowest BCUT2D eigenvalue weighted by atomic mass is 10.2. The molecule has 1 aromatic carbocycles. The lowest BCUT2D eigenvalue weighted by Gasteiger charge is -2.07. The molecule has 16 heavy (non-hydrogen) atoms. The van der Waals surface area contributed by atoms with E-state index in [1.165, 1.54) is 0 Å². The summed E-state index contributed by atoms with van der Waals surface area (Å²) >= 11 is 9.29. The second kappa shape index (κ2) is 8.03. The molecule has 0 atom stereocenters. The molecule has 0 amide bonds. The van der Waals surface area contributed by atoms with Gasteiger partial charge in [0.1, 0.15) is 0 Å². The Labute approximate surface area is 109 Å². The van der Waals surface area contributed by atoms with E-state index in [9.17, 15) is 0 Å². The standard InChI is InChI=1S/C11H15BrClNO2/c12-11-7-10(13)2-1-9(11)8-14-3-5-16-6-4-15/h1-2,7,14-15H,3-6,8H2. The van der Waals surface area contributed by atoms with Gasteiger partial charge in [-0.2, -0.15) is 0 Å². The average molecular weight is 309 g/mol. The van der Waals surface area contributed by atoms with E-state index in [0.717, 1.165) is 28.1 Å². The van der Waals surface area contributed by atoms with Crippen molar-refractivity contribution < 1.29 is 9.84 Å². The van der Waals surface area contributed by atoms with Crippen LogP contribution in [0.25, 0.3) is 0 Å². The Morgan fingerprint density at radius 2 is 2.19 bits per heavy atom. The van der Waals surface area contributed by atoms with Crippen LogP contribution in [0.3, 0.4) is 0 Å². The molecular weight excluding hydrogens is 293 g/mol. The predicted molar refractivity (Wildman–Crippen MR) is 68.8 cm³/mol. The number of hydrogen-bond donors (Lipinski definition) is 2. The van der Waals surface area contributed by atoms with Crippen LogP contribution in [0.5, 0.6) is 0 Å². The summed E-state index contributed by atoms with van der Waals surface area (Å²) in [5.41, 5.74) is 1.16. The smallest absolute Gasteiger partial charge is 0.0698 e. The number of hydrogen-bond acceptors (Lipinski definition) is 3. The van der Waals surface area contributed by atoms with Crippen LogP contribution < -0.4 is 5.32 Å². The lowest BCUT2D eigenvalue weighted by molar-refractivity contribution is 0.0938. The van der Waals surface area contributed by atoms with E-state index >= 15 is 0 Å². The first-order valence-corrected chi connectivity index (χ1v) is 6.24. The topological polar surface area (TPSA) is 41.5 Å². The zero-order chi connectivity index (χ0) is 11.8. The van der Waals surface area contributed by atoms with E-state index in [2.05, 4.69) is 21.2 Å². The number of aliphatic hydroxyl groups excluding tert-OH is 1. The molecule has 0 unspecified atom stereocenters. The van der Waals surface area contributed by atoms with Crippen LogP contribution in [0.2, 0.25) is 5.02 Å². The summed E-state index contributed by atoms with van der Waals surface area (Å²) in [7, 11) is 0. The second-order valence-corrected chi connectivity index (χ2v) is 4.54. The highest BCUT2D eigenvalue weighted by Gasteiger charge is 1.99. The fourth-order valence-corrected chi connectivity index (χ4v) is 2.02. The van der Waals surface area contributed by atoms with Gasteiger partial charge in [0.25, 0.3) is 0 Å². The first-order valence-electron chi connectivity index (χ1n) is 5.07. The Morgan fingerprint density at radius 3 is 2.88 bits per heavy atom. The summed E-state index contributed by atoms with van der Waals surface area (Å²) in [6.45, 7) is 2.59. The van der Waals surface area contributed by atoms with Crippen molar-refractivity contribution in [3.8, 4) is 0 Å². The van der Waals surface area contributed by atoms with Gasteiger partial charge in [-0.25, -0.2) is 0 Å². The maximum atomic E-state index is 8.50. The molecule has 0 spiro atoms. The Hall–Kier alpha value is -0.130. The molecule has 3 nitrogen and oxygen atoms in total. The van der Waals surface area contributed by atoms with Gasteiger partial charge in [0.15, 0.2) is 0 Å². The van der Waals surface area contributed by atoms with E-state index in [1.54, 1.807) is 0 Å². The van der Waals surface area contributed by atoms with Gasteiger partial charge in [0.2, 0.25) is 0 Å². The molecular formula is C11H15BrClNO2. The number of aliphatic hydroxyl groups is 1. The highest BCUT2D eigenvalue weighted by molar-refractivity contribution is 9.10. The molecule has 0 aliphatic rings. The molecule has 0 fully saturated rings. The Bertz CT molecular complexity index is 323. The monoisotopic (exact) mass is 307 g/mol. The molecule has 1 rings (SSSR count). The third-order valence-electron chi connectivity index (χ3n) is 1.99. The van der Waals surface area contributed by atoms with E-state index in [0.29, 0.717) is 13.2 Å². The van der Waals surface area contributed by atoms with Crippen LogP contribution in [0.15, 0.2) is 22.7 Å². The van der Waals surface area contributed by atoms with Crippen LogP contribution in [-0.4, -0.2) is 31.5 Å². The van der Waals surface area contributed by atoms with E-state index < -0.39 is 0 Å². The summed E-state index contributed by atoms with van der Waals surface area (Å²) in [6.07, 6.45) is 0. The normalized spacial score (nSPS) is 10.7. The molecule has 5 heteroatoms. The van der Waals surface area contributed by atoms with Crippen molar-refractivity contribution in [1.82, 2.24) is 5.32 Å². The van der Waals surface area contributed by atoms with Crippen molar-refractivity contribution in [2.24, 2.45) is 0 Å². The van der Waals surface area contributed by atoms with Crippen LogP contribution in [-0.2, 0) is 11.3 Å². The largest absolute Gasteiger partial charge is 0.394 e. The summed E-state index contributed by atoms with van der Waals surface area (Å²) in [5.74, 6) is 0. The van der Waals surface area contributed by atoms with Gasteiger partial charge in [0.05, 0.1) is 19.8 Å². The fourth-order valence-electron chi connectivity index (χ4n) is 1.20. The van der Waals surface area contributed by atoms with E-state index in [1.807, 2.05) is 18.2 Å². The summed E-state index contributed by atoms with van der Waals surface area (Å²) in [5, 5.41) is 12.5. The van der Waals surface area contributed by atoms with Crippen molar-refractivity contribution in [2.45, 2.75) is 6.54 Å². The molecule has 2 N–H and O–H groups in total. The van der Waals surface area contributed by atoms with Crippen molar-refractivity contribution in [2.75, 3.05) is 26.4 Å². The quantitative estimate of drug-likeness (QED) is 0.759. The second-order valence-electron chi connectivity index (χ2n) is 3.25. The van der Waals surface area contributed by atoms with Crippen molar-refractivity contribution in [3.63, 3.8) is 0 Å². The number of ether oxygens (including phenoxy) is 1. The minimum absolute atomic E-state index is 0.0722. The van der Waals surface area contributed by atoms with Gasteiger partial charge in [-0.1, -0.05) is 33.6 Å². The maximum absolute atomic E-state index is 8.50. The first-order chi connectivity index (χ1) is 7.74. The van der Waals surface area contributed by atoms with E-state index in [4.69, 9.17) is 21.4 Å². The Morgan fingerprint density at radius 1 is 1.38 bits per heavy atom. The van der Waals surface area contributed by atoms with Gasteiger partial charge in [0, 0.05) is 22.6 Å². The average Bonchev–Trinajstić information content (AvgIpc) is 2.26. The van der Waals surface area contributed by atoms with Gasteiger partial charge in [-0.15, -0.1) is 0 Å². The van der Waals surface area contributed by atoms with Crippen molar-refractivity contribution in [1.29, 1.82) is 0 Å². The SMILES string of the molecule is OCCOCCNCc1ccc(Cl)cc1Br. The maximum Gasteiger partial charge on any atom is 0.0698 e. The molecule has 0 saturated heterocycles. The van der Waals surface area contributed by atoms with Gasteiger partial charge >= 0.3 is 0 Å². The predicted octanol–water partition coefficient (Wildman–Crippen LogP) is 2.20. The van der Waals surface area contributed by atoms with E-state index in [-0.39, 0.29) is 6.61 Å². The van der Waals surface area contributed by atoms with Crippen LogP contribution in [0, 0.1) is 0 Å². The third-order valence-corrected chi connectivity index (χ3v) is 2.96. The summed E-state index contributed by atoms with van der Waals surface area (Å²) < 4.78 is 6.13. The number of rotatable bonds is 7. The van der Waals surface area contributed by atoms with Crippen molar-refractivity contribution >= 4 is 27.5 Å². The molecule has 0 radical (unpaired) electrons. The summed E-state index contributed by atoms with van der Waals surface area (Å²) in [6, 6.07) is 5.72. The minimum atomic E-state index is 0.0722. The highest BCUT2D eigenvalue weighted by atomic mass is 79.9. The molecule has 0 aliphatic carbocycles. The van der Waals surface area contributed by atoms with Crippen LogP contribution >= 0.6 is 27.5 Å². The highest BCUT2D eigenvalue weighted by Crippen LogP contribution is 2.21. The zero-order valence-electron chi connectivity index (χ0n) is 8.88. The molecule has 0 aromatic heterocycles.